The summed E-state index contributed by atoms with van der Waals surface area (Å²) in [6.07, 6.45) is -8.21. The van der Waals surface area contributed by atoms with Crippen molar-refractivity contribution in [2.75, 3.05) is 17.2 Å². The molecule has 200 valence electrons. The van der Waals surface area contributed by atoms with Crippen molar-refractivity contribution in [3.8, 4) is 0 Å². The van der Waals surface area contributed by atoms with Gasteiger partial charge in [-0.05, 0) is 36.4 Å². The van der Waals surface area contributed by atoms with Gasteiger partial charge in [0, 0.05) is 38.4 Å². The molecule has 37 heavy (non-hydrogen) atoms. The van der Waals surface area contributed by atoms with Crippen LogP contribution in [0.1, 0.15) is 6.92 Å². The van der Waals surface area contributed by atoms with Crippen LogP contribution in [-0.4, -0.2) is 65.6 Å². The number of nitrogens with one attached hydrogen (secondary N) is 3. The highest BCUT2D eigenvalue weighted by molar-refractivity contribution is 6.35. The molecular weight excluding hydrogens is 576 g/mol. The van der Waals surface area contributed by atoms with Gasteiger partial charge < -0.3 is 29.7 Å². The van der Waals surface area contributed by atoms with E-state index in [0.717, 1.165) is 6.92 Å². The first-order valence-electron chi connectivity index (χ1n) is 10.5. The molecule has 0 saturated carbocycles. The molecule has 0 radical (unpaired) electrons. The van der Waals surface area contributed by atoms with Crippen molar-refractivity contribution in [1.29, 1.82) is 0 Å². The summed E-state index contributed by atoms with van der Waals surface area (Å²) in [7, 11) is 0. The van der Waals surface area contributed by atoms with Crippen molar-refractivity contribution < 1.29 is 38.8 Å². The van der Waals surface area contributed by atoms with E-state index < -0.39 is 55.3 Å². The van der Waals surface area contributed by atoms with Gasteiger partial charge in [-0.15, -0.1) is 0 Å². The van der Waals surface area contributed by atoms with Crippen LogP contribution in [0, 0.1) is 0 Å². The Hall–Kier alpha value is -2.51. The highest BCUT2D eigenvalue weighted by atomic mass is 35.5. The number of benzene rings is 2. The lowest BCUT2D eigenvalue weighted by atomic mass is 9.96. The highest BCUT2D eigenvalue weighted by Crippen LogP contribution is 2.26. The zero-order valence-corrected chi connectivity index (χ0v) is 21.9. The second-order valence-electron chi connectivity index (χ2n) is 7.82. The van der Waals surface area contributed by atoms with E-state index >= 15 is 0 Å². The zero-order valence-electron chi connectivity index (χ0n) is 18.9. The number of hydrogen-bond acceptors (Lipinski definition) is 8. The van der Waals surface area contributed by atoms with Crippen LogP contribution in [0.5, 0.6) is 0 Å². The standard InChI is InChI=1S/C22H21Cl4N3O8/c1-9(30)27-17-19(37-22(34)29-15-6-12(25)3-13(26)7-15)18(31)16(36-20(17)32)8-35-21(33)28-14-4-10(23)2-11(24)5-14/h2-7,16-20,31-32H,8H2,1H3,(H,27,30)(H,28,33)(H,29,34)/t16-,17-,18-,19-,20-/m1/s1. The molecule has 0 aliphatic carbocycles. The van der Waals surface area contributed by atoms with Gasteiger partial charge in [-0.1, -0.05) is 46.4 Å². The summed E-state index contributed by atoms with van der Waals surface area (Å²) < 4.78 is 15.7. The van der Waals surface area contributed by atoms with Crippen LogP contribution in [0.25, 0.3) is 0 Å². The largest absolute Gasteiger partial charge is 0.446 e. The SMILES string of the molecule is CC(=O)N[C@@H]1[C@@H](OC(=O)Nc2cc(Cl)cc(Cl)c2)[C@H](O)[C@@H](COC(=O)Nc2cc(Cl)cc(Cl)c2)O[C@H]1O. The molecule has 1 aliphatic rings. The fourth-order valence-electron chi connectivity index (χ4n) is 3.43. The molecule has 5 atom stereocenters. The van der Waals surface area contributed by atoms with E-state index in [1.807, 2.05) is 0 Å². The van der Waals surface area contributed by atoms with Crippen molar-refractivity contribution in [1.82, 2.24) is 5.32 Å². The predicted molar refractivity (Wildman–Crippen MR) is 136 cm³/mol. The highest BCUT2D eigenvalue weighted by Gasteiger charge is 2.48. The Morgan fingerprint density at radius 1 is 0.865 bits per heavy atom. The van der Waals surface area contributed by atoms with E-state index in [4.69, 9.17) is 60.6 Å². The Labute approximate surface area is 230 Å². The van der Waals surface area contributed by atoms with Crippen molar-refractivity contribution >= 4 is 75.9 Å². The second kappa shape index (κ2) is 12.8. The zero-order chi connectivity index (χ0) is 27.3. The lowest BCUT2D eigenvalue weighted by Gasteiger charge is -2.42. The minimum Gasteiger partial charge on any atom is -0.446 e. The van der Waals surface area contributed by atoms with Gasteiger partial charge >= 0.3 is 12.2 Å². The fourth-order valence-corrected chi connectivity index (χ4v) is 4.49. The molecular formula is C22H21Cl4N3O8. The third-order valence-electron chi connectivity index (χ3n) is 4.90. The molecule has 0 spiro atoms. The van der Waals surface area contributed by atoms with Crippen molar-refractivity contribution in [3.63, 3.8) is 0 Å². The fraction of sp³-hybridized carbons (Fsp3) is 0.318. The van der Waals surface area contributed by atoms with E-state index in [1.54, 1.807) is 0 Å². The third-order valence-corrected chi connectivity index (χ3v) is 5.78. The molecule has 1 heterocycles. The number of hydrogen-bond donors (Lipinski definition) is 5. The van der Waals surface area contributed by atoms with Crippen LogP contribution in [0.3, 0.4) is 0 Å². The summed E-state index contributed by atoms with van der Waals surface area (Å²) in [5.74, 6) is -0.593. The molecule has 2 aromatic carbocycles. The smallest absolute Gasteiger partial charge is 0.412 e. The summed E-state index contributed by atoms with van der Waals surface area (Å²) in [6.45, 7) is 0.600. The van der Waals surface area contributed by atoms with Crippen molar-refractivity contribution in [2.45, 2.75) is 37.6 Å². The molecule has 1 fully saturated rings. The average Bonchev–Trinajstić information content (AvgIpc) is 2.75. The van der Waals surface area contributed by atoms with E-state index in [1.165, 1.54) is 36.4 Å². The van der Waals surface area contributed by atoms with Crippen LogP contribution in [0.4, 0.5) is 21.0 Å². The Morgan fingerprint density at radius 2 is 1.35 bits per heavy atom. The van der Waals surface area contributed by atoms with Crippen LogP contribution in [-0.2, 0) is 19.0 Å². The van der Waals surface area contributed by atoms with Gasteiger partial charge in [0.05, 0.1) is 0 Å². The van der Waals surface area contributed by atoms with Crippen molar-refractivity contribution in [3.05, 3.63) is 56.5 Å². The van der Waals surface area contributed by atoms with Crippen LogP contribution >= 0.6 is 46.4 Å². The molecule has 0 aromatic heterocycles. The molecule has 1 saturated heterocycles. The van der Waals surface area contributed by atoms with Crippen LogP contribution in [0.2, 0.25) is 20.1 Å². The molecule has 0 bridgehead atoms. The van der Waals surface area contributed by atoms with Crippen LogP contribution in [0.15, 0.2) is 36.4 Å². The van der Waals surface area contributed by atoms with Crippen molar-refractivity contribution in [2.24, 2.45) is 0 Å². The minimum atomic E-state index is -1.73. The summed E-state index contributed by atoms with van der Waals surface area (Å²) in [5, 5.41) is 29.5. The summed E-state index contributed by atoms with van der Waals surface area (Å²) in [6, 6.07) is 7.23. The number of ether oxygens (including phenoxy) is 3. The maximum absolute atomic E-state index is 12.5. The molecule has 2 aromatic rings. The van der Waals surface area contributed by atoms with E-state index in [0.29, 0.717) is 0 Å². The topological polar surface area (TPSA) is 155 Å². The first kappa shape index (κ1) is 29.1. The Bertz CT molecular complexity index is 1130. The molecule has 0 unspecified atom stereocenters. The minimum absolute atomic E-state index is 0.193. The molecule has 5 N–H and O–H groups in total. The van der Waals surface area contributed by atoms with Gasteiger partial charge in [0.25, 0.3) is 0 Å². The number of amides is 3. The molecule has 3 amide bonds. The summed E-state index contributed by atoms with van der Waals surface area (Å²) >= 11 is 23.6. The molecule has 3 rings (SSSR count). The second-order valence-corrected chi connectivity index (χ2v) is 9.56. The number of rotatable bonds is 6. The Morgan fingerprint density at radius 3 is 1.84 bits per heavy atom. The normalized spacial score (nSPS) is 23.1. The quantitative estimate of drug-likeness (QED) is 0.334. The first-order valence-corrected chi connectivity index (χ1v) is 12.0. The van der Waals surface area contributed by atoms with Gasteiger partial charge in [-0.25, -0.2) is 9.59 Å². The van der Waals surface area contributed by atoms with E-state index in [2.05, 4.69) is 16.0 Å². The Kier molecular flexibility index (Phi) is 10.1. The average molecular weight is 597 g/mol. The maximum atomic E-state index is 12.5. The number of aliphatic hydroxyl groups is 2. The van der Waals surface area contributed by atoms with Crippen LogP contribution < -0.4 is 16.0 Å². The van der Waals surface area contributed by atoms with E-state index in [-0.39, 0.29) is 31.5 Å². The molecule has 1 aliphatic heterocycles. The van der Waals surface area contributed by atoms with Gasteiger partial charge in [-0.3, -0.25) is 15.4 Å². The van der Waals surface area contributed by atoms with Gasteiger partial charge in [-0.2, -0.15) is 0 Å². The van der Waals surface area contributed by atoms with Gasteiger partial charge in [0.15, 0.2) is 12.4 Å². The molecule has 15 heteroatoms. The number of anilines is 2. The lowest BCUT2D eigenvalue weighted by Crippen LogP contribution is -2.65. The monoisotopic (exact) mass is 595 g/mol. The third kappa shape index (κ3) is 8.50. The number of carbonyl (C=O) groups excluding carboxylic acids is 3. The van der Waals surface area contributed by atoms with Gasteiger partial charge in [0.1, 0.15) is 24.9 Å². The first-order chi connectivity index (χ1) is 17.4. The summed E-state index contributed by atoms with van der Waals surface area (Å²) in [4.78, 5) is 36.4. The van der Waals surface area contributed by atoms with Gasteiger partial charge in [0.2, 0.25) is 5.91 Å². The number of halogens is 4. The lowest BCUT2D eigenvalue weighted by molar-refractivity contribution is -0.252. The maximum Gasteiger partial charge on any atom is 0.412 e. The number of aliphatic hydroxyl groups excluding tert-OH is 2. The Balaban J connectivity index is 1.68. The molecule has 11 nitrogen and oxygen atoms in total. The predicted octanol–water partition coefficient (Wildman–Crippen LogP) is 4.05. The van der Waals surface area contributed by atoms with E-state index in [9.17, 15) is 24.6 Å². The summed E-state index contributed by atoms with van der Waals surface area (Å²) in [5.41, 5.74) is 0.440. The number of carbonyl (C=O) groups is 3.